The van der Waals surface area contributed by atoms with Crippen LogP contribution in [0.1, 0.15) is 5.56 Å². The highest BCUT2D eigenvalue weighted by molar-refractivity contribution is 5.85. The van der Waals surface area contributed by atoms with Gasteiger partial charge in [0.15, 0.2) is 0 Å². The Morgan fingerprint density at radius 2 is 1.73 bits per heavy atom. The molecule has 0 spiro atoms. The van der Waals surface area contributed by atoms with Crippen molar-refractivity contribution in [3.63, 3.8) is 0 Å². The molecule has 0 saturated carbocycles. The van der Waals surface area contributed by atoms with E-state index in [1.807, 2.05) is 0 Å². The molecule has 0 aliphatic rings. The van der Waals surface area contributed by atoms with Crippen LogP contribution in [-0.2, 0) is 6.54 Å². The van der Waals surface area contributed by atoms with Crippen molar-refractivity contribution in [1.29, 1.82) is 0 Å². The van der Waals surface area contributed by atoms with E-state index in [0.717, 1.165) is 5.56 Å². The zero-order chi connectivity index (χ0) is 15.5. The average Bonchev–Trinajstić information content (AvgIpc) is 2.45. The molecule has 0 atom stereocenters. The second kappa shape index (κ2) is 7.38. The van der Waals surface area contributed by atoms with Crippen molar-refractivity contribution in [3.8, 4) is 22.6 Å². The Bertz CT molecular complexity index is 632. The van der Waals surface area contributed by atoms with Crippen LogP contribution in [0, 0.1) is 0 Å². The molecule has 0 fully saturated rings. The van der Waals surface area contributed by atoms with Gasteiger partial charge in [0.1, 0.15) is 11.5 Å². The maximum absolute atomic E-state index is 12.4. The van der Waals surface area contributed by atoms with Gasteiger partial charge >= 0.3 is 6.36 Å². The van der Waals surface area contributed by atoms with Crippen LogP contribution in [-0.4, -0.2) is 13.5 Å². The van der Waals surface area contributed by atoms with Crippen molar-refractivity contribution >= 4 is 12.4 Å². The summed E-state index contributed by atoms with van der Waals surface area (Å²) in [5.74, 6) is 0.332. The number of halogens is 4. The van der Waals surface area contributed by atoms with Gasteiger partial charge in [-0.3, -0.25) is 0 Å². The van der Waals surface area contributed by atoms with Crippen molar-refractivity contribution in [3.05, 3.63) is 48.0 Å². The molecule has 0 unspecified atom stereocenters. The third kappa shape index (κ3) is 4.54. The first-order chi connectivity index (χ1) is 9.93. The van der Waals surface area contributed by atoms with E-state index in [2.05, 4.69) is 4.74 Å². The smallest absolute Gasteiger partial charge is 0.497 e. The fourth-order valence-corrected chi connectivity index (χ4v) is 1.93. The molecule has 0 radical (unpaired) electrons. The molecule has 22 heavy (non-hydrogen) atoms. The second-order valence-corrected chi connectivity index (χ2v) is 4.31. The standard InChI is InChI=1S/C15H14F3NO2.ClH/c1-20-13-4-2-3-10(7-13)11-5-6-12(9-19)14(8-11)21-15(16,17)18;/h2-8H,9,19H2,1H3;1H. The topological polar surface area (TPSA) is 44.5 Å². The summed E-state index contributed by atoms with van der Waals surface area (Å²) >= 11 is 0. The van der Waals surface area contributed by atoms with E-state index in [0.29, 0.717) is 16.9 Å². The highest BCUT2D eigenvalue weighted by Crippen LogP contribution is 2.32. The first-order valence-corrected chi connectivity index (χ1v) is 6.16. The molecule has 2 N–H and O–H groups in total. The van der Waals surface area contributed by atoms with Crippen LogP contribution < -0.4 is 15.2 Å². The molecular weight excluding hydrogens is 319 g/mol. The lowest BCUT2D eigenvalue weighted by Crippen LogP contribution is -2.18. The molecule has 0 amide bonds. The summed E-state index contributed by atoms with van der Waals surface area (Å²) in [5.41, 5.74) is 7.04. The van der Waals surface area contributed by atoms with Gasteiger partial charge in [0.2, 0.25) is 0 Å². The molecule has 2 rings (SSSR count). The zero-order valence-electron chi connectivity index (χ0n) is 11.7. The van der Waals surface area contributed by atoms with E-state index in [9.17, 15) is 13.2 Å². The van der Waals surface area contributed by atoms with Gasteiger partial charge in [-0.2, -0.15) is 0 Å². The summed E-state index contributed by atoms with van der Waals surface area (Å²) in [5, 5.41) is 0. The number of nitrogens with two attached hydrogens (primary N) is 1. The molecular formula is C15H15ClF3NO2. The van der Waals surface area contributed by atoms with Gasteiger partial charge in [0.05, 0.1) is 7.11 Å². The van der Waals surface area contributed by atoms with Crippen LogP contribution in [0.25, 0.3) is 11.1 Å². The molecule has 0 aliphatic heterocycles. The quantitative estimate of drug-likeness (QED) is 0.914. The van der Waals surface area contributed by atoms with Crippen molar-refractivity contribution in [1.82, 2.24) is 0 Å². The van der Waals surface area contributed by atoms with Crippen molar-refractivity contribution in [2.75, 3.05) is 7.11 Å². The molecule has 2 aromatic rings. The van der Waals surface area contributed by atoms with Gasteiger partial charge in [0.25, 0.3) is 0 Å². The number of hydrogen-bond donors (Lipinski definition) is 1. The molecule has 120 valence electrons. The highest BCUT2D eigenvalue weighted by atomic mass is 35.5. The Kier molecular flexibility index (Phi) is 6.08. The Labute approximate surface area is 132 Å². The summed E-state index contributed by atoms with van der Waals surface area (Å²) in [6.45, 7) is -0.0379. The summed E-state index contributed by atoms with van der Waals surface area (Å²) < 4.78 is 46.4. The van der Waals surface area contributed by atoms with E-state index in [4.69, 9.17) is 10.5 Å². The maximum atomic E-state index is 12.4. The summed E-state index contributed by atoms with van der Waals surface area (Å²) in [7, 11) is 1.52. The largest absolute Gasteiger partial charge is 0.573 e. The predicted octanol–water partition coefficient (Wildman–Crippen LogP) is 4.14. The second-order valence-electron chi connectivity index (χ2n) is 4.31. The molecule has 7 heteroatoms. The number of methoxy groups -OCH3 is 1. The SMILES string of the molecule is COc1cccc(-c2ccc(CN)c(OC(F)(F)F)c2)c1.Cl. The van der Waals surface area contributed by atoms with E-state index in [-0.39, 0.29) is 24.7 Å². The number of benzene rings is 2. The normalized spacial score (nSPS) is 10.8. The highest BCUT2D eigenvalue weighted by Gasteiger charge is 2.32. The fourth-order valence-electron chi connectivity index (χ4n) is 1.93. The molecule has 0 bridgehead atoms. The molecule has 0 aliphatic carbocycles. The summed E-state index contributed by atoms with van der Waals surface area (Å²) in [4.78, 5) is 0. The Morgan fingerprint density at radius 3 is 2.32 bits per heavy atom. The van der Waals surface area contributed by atoms with Crippen molar-refractivity contribution in [2.45, 2.75) is 12.9 Å². The lowest BCUT2D eigenvalue weighted by atomic mass is 10.0. The van der Waals surface area contributed by atoms with Gasteiger partial charge in [-0.1, -0.05) is 24.3 Å². The van der Waals surface area contributed by atoms with Crippen LogP contribution in [0.3, 0.4) is 0 Å². The third-order valence-corrected chi connectivity index (χ3v) is 2.92. The molecule has 3 nitrogen and oxygen atoms in total. The maximum Gasteiger partial charge on any atom is 0.573 e. The minimum atomic E-state index is -4.75. The van der Waals surface area contributed by atoms with E-state index < -0.39 is 6.36 Å². The van der Waals surface area contributed by atoms with Gasteiger partial charge in [-0.05, 0) is 29.3 Å². The number of ether oxygens (including phenoxy) is 2. The molecule has 0 heterocycles. The summed E-state index contributed by atoms with van der Waals surface area (Å²) in [6.07, 6.45) is -4.75. The van der Waals surface area contributed by atoms with Gasteiger partial charge in [-0.15, -0.1) is 25.6 Å². The van der Waals surface area contributed by atoms with Gasteiger partial charge < -0.3 is 15.2 Å². The summed E-state index contributed by atoms with van der Waals surface area (Å²) in [6, 6.07) is 11.6. The minimum absolute atomic E-state index is 0. The minimum Gasteiger partial charge on any atom is -0.497 e. The average molecular weight is 334 g/mol. The lowest BCUT2D eigenvalue weighted by Gasteiger charge is -2.14. The monoisotopic (exact) mass is 333 g/mol. The van der Waals surface area contributed by atoms with Crippen LogP contribution in [0.15, 0.2) is 42.5 Å². The number of hydrogen-bond acceptors (Lipinski definition) is 3. The fraction of sp³-hybridized carbons (Fsp3) is 0.200. The lowest BCUT2D eigenvalue weighted by molar-refractivity contribution is -0.274. The zero-order valence-corrected chi connectivity index (χ0v) is 12.5. The van der Waals surface area contributed by atoms with E-state index in [1.165, 1.54) is 19.2 Å². The first kappa shape index (κ1) is 18.1. The van der Waals surface area contributed by atoms with Crippen LogP contribution in [0.4, 0.5) is 13.2 Å². The third-order valence-electron chi connectivity index (χ3n) is 2.92. The Balaban J connectivity index is 0.00000242. The van der Waals surface area contributed by atoms with Crippen LogP contribution in [0.2, 0.25) is 0 Å². The van der Waals surface area contributed by atoms with E-state index in [1.54, 1.807) is 30.3 Å². The van der Waals surface area contributed by atoms with Crippen molar-refractivity contribution < 1.29 is 22.6 Å². The van der Waals surface area contributed by atoms with Crippen LogP contribution in [0.5, 0.6) is 11.5 Å². The number of alkyl halides is 3. The Morgan fingerprint density at radius 1 is 1.05 bits per heavy atom. The van der Waals surface area contributed by atoms with Gasteiger partial charge in [-0.25, -0.2) is 0 Å². The molecule has 0 aromatic heterocycles. The van der Waals surface area contributed by atoms with Gasteiger partial charge in [0, 0.05) is 12.1 Å². The van der Waals surface area contributed by atoms with Crippen molar-refractivity contribution in [2.24, 2.45) is 5.73 Å². The van der Waals surface area contributed by atoms with E-state index >= 15 is 0 Å². The molecule has 2 aromatic carbocycles. The predicted molar refractivity (Wildman–Crippen MR) is 80.3 cm³/mol. The Hall–Kier alpha value is -1.92. The number of rotatable bonds is 4. The molecule has 0 saturated heterocycles. The first-order valence-electron chi connectivity index (χ1n) is 6.16. The van der Waals surface area contributed by atoms with Crippen LogP contribution >= 0.6 is 12.4 Å².